The van der Waals surface area contributed by atoms with Crippen LogP contribution in [0.2, 0.25) is 5.02 Å². The molecule has 0 aliphatic heterocycles. The molecule has 0 spiro atoms. The average molecular weight is 262 g/mol. The second kappa shape index (κ2) is 5.60. The molecule has 4 nitrogen and oxygen atoms in total. The Kier molecular flexibility index (Phi) is 3.89. The van der Waals surface area contributed by atoms with E-state index < -0.39 is 0 Å². The molecule has 1 aromatic carbocycles. The van der Waals surface area contributed by atoms with Crippen molar-refractivity contribution >= 4 is 23.8 Å². The zero-order valence-electron chi connectivity index (χ0n) is 9.88. The summed E-state index contributed by atoms with van der Waals surface area (Å²) in [6.07, 6.45) is 3.72. The third kappa shape index (κ3) is 2.84. The van der Waals surface area contributed by atoms with E-state index in [-0.39, 0.29) is 0 Å². The number of carbonyl (C=O) groups is 1. The summed E-state index contributed by atoms with van der Waals surface area (Å²) >= 11 is 6.09. The van der Waals surface area contributed by atoms with Gasteiger partial charge in [0.15, 0.2) is 6.29 Å². The molecule has 0 fully saturated rings. The molecular formula is C13H12ClN3O. The zero-order valence-corrected chi connectivity index (χ0v) is 10.6. The fourth-order valence-electron chi connectivity index (χ4n) is 1.54. The van der Waals surface area contributed by atoms with Gasteiger partial charge >= 0.3 is 0 Å². The number of nitrogens with zero attached hydrogens (tertiary/aromatic N) is 3. The Hall–Kier alpha value is -1.94. The van der Waals surface area contributed by atoms with Crippen LogP contribution in [0, 0.1) is 0 Å². The van der Waals surface area contributed by atoms with E-state index in [9.17, 15) is 4.79 Å². The summed E-state index contributed by atoms with van der Waals surface area (Å²) in [5.74, 6) is 0.556. The molecule has 0 saturated heterocycles. The van der Waals surface area contributed by atoms with Gasteiger partial charge in [-0.05, 0) is 11.6 Å². The van der Waals surface area contributed by atoms with Crippen LogP contribution in [0.5, 0.6) is 0 Å². The van der Waals surface area contributed by atoms with Crippen molar-refractivity contribution in [3.8, 4) is 0 Å². The molecule has 0 saturated carbocycles. The average Bonchev–Trinajstić information content (AvgIpc) is 2.41. The van der Waals surface area contributed by atoms with Crippen LogP contribution in [0.4, 0.5) is 5.95 Å². The van der Waals surface area contributed by atoms with Gasteiger partial charge in [0.2, 0.25) is 5.95 Å². The first-order valence-corrected chi connectivity index (χ1v) is 5.80. The van der Waals surface area contributed by atoms with E-state index in [1.54, 1.807) is 0 Å². The van der Waals surface area contributed by atoms with Gasteiger partial charge in [-0.15, -0.1) is 0 Å². The molecule has 0 bridgehead atoms. The van der Waals surface area contributed by atoms with Gasteiger partial charge in [0.05, 0.1) is 5.56 Å². The third-order valence-electron chi connectivity index (χ3n) is 2.50. The third-order valence-corrected chi connectivity index (χ3v) is 2.87. The molecular weight excluding hydrogens is 250 g/mol. The Labute approximate surface area is 110 Å². The van der Waals surface area contributed by atoms with Crippen LogP contribution < -0.4 is 4.90 Å². The first-order chi connectivity index (χ1) is 8.70. The molecule has 0 N–H and O–H groups in total. The molecule has 92 valence electrons. The summed E-state index contributed by atoms with van der Waals surface area (Å²) in [5.41, 5.74) is 1.47. The van der Waals surface area contributed by atoms with E-state index in [0.717, 1.165) is 11.8 Å². The predicted molar refractivity (Wildman–Crippen MR) is 71.0 cm³/mol. The Bertz CT molecular complexity index is 542. The van der Waals surface area contributed by atoms with Crippen LogP contribution in [-0.2, 0) is 6.54 Å². The number of halogens is 1. The lowest BCUT2D eigenvalue weighted by Gasteiger charge is -2.17. The maximum atomic E-state index is 10.5. The highest BCUT2D eigenvalue weighted by atomic mass is 35.5. The topological polar surface area (TPSA) is 46.1 Å². The molecule has 0 unspecified atom stereocenters. The van der Waals surface area contributed by atoms with Crippen molar-refractivity contribution in [2.24, 2.45) is 0 Å². The molecule has 1 heterocycles. The Balaban J connectivity index is 2.14. The second-order valence-corrected chi connectivity index (χ2v) is 4.29. The number of hydrogen-bond acceptors (Lipinski definition) is 4. The second-order valence-electron chi connectivity index (χ2n) is 3.88. The predicted octanol–water partition coefficient (Wildman–Crippen LogP) is 2.58. The normalized spacial score (nSPS) is 10.1. The number of anilines is 1. The number of rotatable bonds is 4. The lowest BCUT2D eigenvalue weighted by molar-refractivity contribution is 0.112. The van der Waals surface area contributed by atoms with Gasteiger partial charge in [0.25, 0.3) is 0 Å². The van der Waals surface area contributed by atoms with Crippen molar-refractivity contribution in [1.82, 2.24) is 9.97 Å². The summed E-state index contributed by atoms with van der Waals surface area (Å²) in [6, 6.07) is 7.63. The van der Waals surface area contributed by atoms with E-state index in [2.05, 4.69) is 9.97 Å². The maximum Gasteiger partial charge on any atom is 0.225 e. The lowest BCUT2D eigenvalue weighted by atomic mass is 10.2. The maximum absolute atomic E-state index is 10.5. The SMILES string of the molecule is CN(Cc1ccccc1Cl)c1ncc(C=O)cn1. The standard InChI is InChI=1S/C13H12ClN3O/c1-17(8-11-4-2-3-5-12(11)14)13-15-6-10(9-18)7-16-13/h2-7,9H,8H2,1H3. The molecule has 0 radical (unpaired) electrons. The van der Waals surface area contributed by atoms with Crippen molar-refractivity contribution in [1.29, 1.82) is 0 Å². The number of benzene rings is 1. The first-order valence-electron chi connectivity index (χ1n) is 5.42. The van der Waals surface area contributed by atoms with Crippen LogP contribution in [0.25, 0.3) is 0 Å². The van der Waals surface area contributed by atoms with Crippen molar-refractivity contribution in [3.63, 3.8) is 0 Å². The van der Waals surface area contributed by atoms with E-state index in [0.29, 0.717) is 23.1 Å². The Morgan fingerprint density at radius 1 is 1.28 bits per heavy atom. The van der Waals surface area contributed by atoms with Gasteiger partial charge in [0.1, 0.15) is 0 Å². The molecule has 0 atom stereocenters. The highest BCUT2D eigenvalue weighted by Crippen LogP contribution is 2.18. The molecule has 0 aliphatic carbocycles. The molecule has 5 heteroatoms. The molecule has 2 rings (SSSR count). The van der Waals surface area contributed by atoms with Gasteiger partial charge in [-0.2, -0.15) is 0 Å². The fourth-order valence-corrected chi connectivity index (χ4v) is 1.74. The minimum atomic E-state index is 0.463. The smallest absolute Gasteiger partial charge is 0.225 e. The van der Waals surface area contributed by atoms with Crippen LogP contribution in [0.3, 0.4) is 0 Å². The van der Waals surface area contributed by atoms with Crippen LogP contribution in [-0.4, -0.2) is 23.3 Å². The number of aromatic nitrogens is 2. The van der Waals surface area contributed by atoms with Gasteiger partial charge in [0, 0.05) is 31.0 Å². The first kappa shape index (κ1) is 12.5. The van der Waals surface area contributed by atoms with Crippen molar-refractivity contribution in [2.45, 2.75) is 6.54 Å². The zero-order chi connectivity index (χ0) is 13.0. The summed E-state index contributed by atoms with van der Waals surface area (Å²) in [4.78, 5) is 20.6. The minimum Gasteiger partial charge on any atom is -0.340 e. The molecule has 0 aliphatic rings. The lowest BCUT2D eigenvalue weighted by Crippen LogP contribution is -2.19. The van der Waals surface area contributed by atoms with Crippen molar-refractivity contribution in [2.75, 3.05) is 11.9 Å². The van der Waals surface area contributed by atoms with Crippen LogP contribution in [0.15, 0.2) is 36.7 Å². The van der Waals surface area contributed by atoms with Gasteiger partial charge in [-0.3, -0.25) is 4.79 Å². The number of hydrogen-bond donors (Lipinski definition) is 0. The summed E-state index contributed by atoms with van der Waals surface area (Å²) in [5, 5.41) is 0.717. The summed E-state index contributed by atoms with van der Waals surface area (Å²) in [7, 11) is 1.87. The van der Waals surface area contributed by atoms with Gasteiger partial charge in [-0.1, -0.05) is 29.8 Å². The minimum absolute atomic E-state index is 0.463. The Morgan fingerprint density at radius 2 is 1.94 bits per heavy atom. The van der Waals surface area contributed by atoms with E-state index in [1.807, 2.05) is 36.2 Å². The molecule has 2 aromatic rings. The van der Waals surface area contributed by atoms with E-state index in [4.69, 9.17) is 11.6 Å². The monoisotopic (exact) mass is 261 g/mol. The largest absolute Gasteiger partial charge is 0.340 e. The van der Waals surface area contributed by atoms with Gasteiger partial charge in [-0.25, -0.2) is 9.97 Å². The summed E-state index contributed by atoms with van der Waals surface area (Å²) in [6.45, 7) is 0.611. The van der Waals surface area contributed by atoms with Gasteiger partial charge < -0.3 is 4.90 Å². The summed E-state index contributed by atoms with van der Waals surface area (Å²) < 4.78 is 0. The highest BCUT2D eigenvalue weighted by molar-refractivity contribution is 6.31. The number of carbonyl (C=O) groups excluding carboxylic acids is 1. The van der Waals surface area contributed by atoms with Crippen molar-refractivity contribution < 1.29 is 4.79 Å². The molecule has 18 heavy (non-hydrogen) atoms. The van der Waals surface area contributed by atoms with E-state index >= 15 is 0 Å². The van der Waals surface area contributed by atoms with E-state index in [1.165, 1.54) is 12.4 Å². The number of aldehydes is 1. The Morgan fingerprint density at radius 3 is 2.56 bits per heavy atom. The van der Waals surface area contributed by atoms with Crippen LogP contribution >= 0.6 is 11.6 Å². The fraction of sp³-hybridized carbons (Fsp3) is 0.154. The molecule has 0 amide bonds. The van der Waals surface area contributed by atoms with Crippen molar-refractivity contribution in [3.05, 3.63) is 52.8 Å². The van der Waals surface area contributed by atoms with Crippen LogP contribution in [0.1, 0.15) is 15.9 Å². The highest BCUT2D eigenvalue weighted by Gasteiger charge is 2.07. The quantitative estimate of drug-likeness (QED) is 0.794. The molecule has 1 aromatic heterocycles.